The molecule has 9 nitrogen and oxygen atoms in total. The Morgan fingerprint density at radius 2 is 1.93 bits per heavy atom. The Hall–Kier alpha value is -3.37. The number of benzene rings is 1. The van der Waals surface area contributed by atoms with Gasteiger partial charge in [0.15, 0.2) is 0 Å². The van der Waals surface area contributed by atoms with Crippen LogP contribution < -0.4 is 10.6 Å². The van der Waals surface area contributed by atoms with Crippen molar-refractivity contribution in [2.24, 2.45) is 5.73 Å². The van der Waals surface area contributed by atoms with Crippen molar-refractivity contribution >= 4 is 22.9 Å². The number of aromatic nitrogens is 6. The molecule has 0 spiro atoms. The lowest BCUT2D eigenvalue weighted by molar-refractivity contribution is -0.119. The molecule has 142 valence electrons. The van der Waals surface area contributed by atoms with Crippen molar-refractivity contribution in [3.05, 3.63) is 71.2 Å². The predicted octanol–water partition coefficient (Wildman–Crippen LogP) is 1.61. The molecule has 1 aromatic carbocycles. The standard InChI is InChI=1S/C18H18N8OS/c19-7-15-9-25(23-22-15)10-18(27)26(8-14-5-6-28-11-14)17-3-1-16(2-4-17)24-12-20-21-13-24/h1-6,9,11-13H,7-8,10,19H2. The summed E-state index contributed by atoms with van der Waals surface area (Å²) < 4.78 is 3.31. The van der Waals surface area contributed by atoms with Crippen LogP contribution in [0.4, 0.5) is 5.69 Å². The van der Waals surface area contributed by atoms with E-state index in [9.17, 15) is 4.79 Å². The molecule has 0 aliphatic rings. The highest BCUT2D eigenvalue weighted by molar-refractivity contribution is 7.07. The maximum Gasteiger partial charge on any atom is 0.249 e. The lowest BCUT2D eigenvalue weighted by atomic mass is 10.2. The summed E-state index contributed by atoms with van der Waals surface area (Å²) in [7, 11) is 0. The first kappa shape index (κ1) is 18.0. The molecule has 4 rings (SSSR count). The lowest BCUT2D eigenvalue weighted by Crippen LogP contribution is -2.33. The second-order valence-electron chi connectivity index (χ2n) is 6.11. The Balaban J connectivity index is 1.58. The van der Waals surface area contributed by atoms with Crippen LogP contribution in [-0.4, -0.2) is 35.7 Å². The highest BCUT2D eigenvalue weighted by atomic mass is 32.1. The van der Waals surface area contributed by atoms with Crippen molar-refractivity contribution in [1.82, 2.24) is 29.8 Å². The fourth-order valence-corrected chi connectivity index (χ4v) is 3.42. The minimum absolute atomic E-state index is 0.0864. The Morgan fingerprint density at radius 3 is 2.57 bits per heavy atom. The fraction of sp³-hybridized carbons (Fsp3) is 0.167. The predicted molar refractivity (Wildman–Crippen MR) is 105 cm³/mol. The zero-order chi connectivity index (χ0) is 19.3. The van der Waals surface area contributed by atoms with Crippen LogP contribution in [0.3, 0.4) is 0 Å². The molecule has 0 radical (unpaired) electrons. The van der Waals surface area contributed by atoms with Gasteiger partial charge in [0.05, 0.1) is 18.4 Å². The molecule has 1 amide bonds. The van der Waals surface area contributed by atoms with Crippen molar-refractivity contribution in [3.8, 4) is 5.69 Å². The van der Waals surface area contributed by atoms with E-state index in [1.807, 2.05) is 41.1 Å². The van der Waals surface area contributed by atoms with Crippen LogP contribution in [-0.2, 0) is 24.4 Å². The Labute approximate surface area is 165 Å². The van der Waals surface area contributed by atoms with E-state index in [2.05, 4.69) is 20.5 Å². The number of carbonyl (C=O) groups is 1. The van der Waals surface area contributed by atoms with Gasteiger partial charge in [-0.05, 0) is 46.7 Å². The molecule has 28 heavy (non-hydrogen) atoms. The third-order valence-corrected chi connectivity index (χ3v) is 4.92. The summed E-state index contributed by atoms with van der Waals surface area (Å²) in [5.41, 5.74) is 9.00. The average Bonchev–Trinajstić information content (AvgIpc) is 3.49. The molecule has 0 aliphatic heterocycles. The third-order valence-electron chi connectivity index (χ3n) is 4.19. The molecule has 4 aromatic rings. The van der Waals surface area contributed by atoms with Crippen LogP contribution in [0.5, 0.6) is 0 Å². The van der Waals surface area contributed by atoms with Gasteiger partial charge in [-0.1, -0.05) is 5.21 Å². The number of hydrogen-bond acceptors (Lipinski definition) is 7. The summed E-state index contributed by atoms with van der Waals surface area (Å²) in [6.45, 7) is 0.856. The number of anilines is 1. The van der Waals surface area contributed by atoms with E-state index in [-0.39, 0.29) is 19.0 Å². The fourth-order valence-electron chi connectivity index (χ4n) is 2.76. The second-order valence-corrected chi connectivity index (χ2v) is 6.89. The van der Waals surface area contributed by atoms with Crippen LogP contribution in [0.25, 0.3) is 5.69 Å². The highest BCUT2D eigenvalue weighted by Crippen LogP contribution is 2.21. The van der Waals surface area contributed by atoms with Gasteiger partial charge in [-0.2, -0.15) is 11.3 Å². The SMILES string of the molecule is NCc1cn(CC(=O)N(Cc2ccsc2)c2ccc(-n3cnnc3)cc2)nn1. The van der Waals surface area contributed by atoms with Crippen LogP contribution >= 0.6 is 11.3 Å². The molecule has 0 saturated carbocycles. The Kier molecular flexibility index (Phi) is 5.22. The number of thiophene rings is 1. The molecule has 3 heterocycles. The number of nitrogens with two attached hydrogens (primary N) is 1. The van der Waals surface area contributed by atoms with Gasteiger partial charge in [-0.15, -0.1) is 15.3 Å². The minimum Gasteiger partial charge on any atom is -0.325 e. The van der Waals surface area contributed by atoms with Crippen LogP contribution in [0.1, 0.15) is 11.3 Å². The molecule has 0 aliphatic carbocycles. The number of rotatable bonds is 7. The maximum absolute atomic E-state index is 13.0. The van der Waals surface area contributed by atoms with Crippen molar-refractivity contribution in [1.29, 1.82) is 0 Å². The van der Waals surface area contributed by atoms with E-state index >= 15 is 0 Å². The van der Waals surface area contributed by atoms with Crippen LogP contribution in [0.15, 0.2) is 59.9 Å². The van der Waals surface area contributed by atoms with Gasteiger partial charge in [0, 0.05) is 17.9 Å². The average molecular weight is 394 g/mol. The zero-order valence-electron chi connectivity index (χ0n) is 14.9. The topological polar surface area (TPSA) is 108 Å². The highest BCUT2D eigenvalue weighted by Gasteiger charge is 2.18. The van der Waals surface area contributed by atoms with Gasteiger partial charge in [0.25, 0.3) is 0 Å². The molecule has 0 fully saturated rings. The molecule has 0 saturated heterocycles. The molecular weight excluding hydrogens is 376 g/mol. The number of nitrogens with zero attached hydrogens (tertiary/aromatic N) is 7. The minimum atomic E-state index is -0.0864. The van der Waals surface area contributed by atoms with E-state index in [4.69, 9.17) is 5.73 Å². The molecule has 3 aromatic heterocycles. The Bertz CT molecular complexity index is 1020. The second kappa shape index (κ2) is 8.11. The summed E-state index contributed by atoms with van der Waals surface area (Å²) in [4.78, 5) is 14.8. The number of hydrogen-bond donors (Lipinski definition) is 1. The Morgan fingerprint density at radius 1 is 1.14 bits per heavy atom. The van der Waals surface area contributed by atoms with E-state index < -0.39 is 0 Å². The zero-order valence-corrected chi connectivity index (χ0v) is 15.7. The smallest absolute Gasteiger partial charge is 0.249 e. The number of amides is 1. The molecule has 0 bridgehead atoms. The summed E-state index contributed by atoms with van der Waals surface area (Å²) in [5, 5.41) is 19.6. The normalized spacial score (nSPS) is 10.9. The van der Waals surface area contributed by atoms with Crippen molar-refractivity contribution in [2.75, 3.05) is 4.90 Å². The van der Waals surface area contributed by atoms with Crippen molar-refractivity contribution < 1.29 is 4.79 Å². The monoisotopic (exact) mass is 394 g/mol. The van der Waals surface area contributed by atoms with Crippen LogP contribution in [0, 0.1) is 0 Å². The van der Waals surface area contributed by atoms with Gasteiger partial charge in [0.1, 0.15) is 19.2 Å². The molecule has 2 N–H and O–H groups in total. The quantitative estimate of drug-likeness (QED) is 0.510. The summed E-state index contributed by atoms with van der Waals surface area (Å²) in [6.07, 6.45) is 4.95. The third kappa shape index (κ3) is 3.97. The van der Waals surface area contributed by atoms with Crippen LogP contribution in [0.2, 0.25) is 0 Å². The summed E-state index contributed by atoms with van der Waals surface area (Å²) in [6, 6.07) is 9.68. The van der Waals surface area contributed by atoms with E-state index in [0.29, 0.717) is 12.2 Å². The van der Waals surface area contributed by atoms with E-state index in [1.165, 1.54) is 4.68 Å². The first-order valence-corrected chi connectivity index (χ1v) is 9.53. The molecule has 10 heteroatoms. The maximum atomic E-state index is 13.0. The van der Waals surface area contributed by atoms with Gasteiger partial charge in [-0.3, -0.25) is 9.36 Å². The largest absolute Gasteiger partial charge is 0.325 e. The van der Waals surface area contributed by atoms with E-state index in [1.54, 1.807) is 39.7 Å². The number of carbonyl (C=O) groups excluding carboxylic acids is 1. The van der Waals surface area contributed by atoms with Crippen molar-refractivity contribution in [2.45, 2.75) is 19.6 Å². The molecular formula is C18H18N8OS. The van der Waals surface area contributed by atoms with Gasteiger partial charge >= 0.3 is 0 Å². The summed E-state index contributed by atoms with van der Waals surface area (Å²) in [5.74, 6) is -0.0864. The van der Waals surface area contributed by atoms with Gasteiger partial charge in [0.2, 0.25) is 5.91 Å². The summed E-state index contributed by atoms with van der Waals surface area (Å²) >= 11 is 1.60. The molecule has 0 unspecified atom stereocenters. The first-order chi connectivity index (χ1) is 13.7. The molecule has 0 atom stereocenters. The van der Waals surface area contributed by atoms with E-state index in [0.717, 1.165) is 16.9 Å². The lowest BCUT2D eigenvalue weighted by Gasteiger charge is -2.23. The first-order valence-electron chi connectivity index (χ1n) is 8.58. The van der Waals surface area contributed by atoms with Gasteiger partial charge < -0.3 is 10.6 Å². The van der Waals surface area contributed by atoms with Crippen molar-refractivity contribution in [3.63, 3.8) is 0 Å². The van der Waals surface area contributed by atoms with Gasteiger partial charge in [-0.25, -0.2) is 4.68 Å².